The van der Waals surface area contributed by atoms with Crippen LogP contribution in [0, 0.1) is 6.92 Å². The van der Waals surface area contributed by atoms with E-state index in [4.69, 9.17) is 14.2 Å². The third-order valence-electron chi connectivity index (χ3n) is 4.45. The fourth-order valence-electron chi connectivity index (χ4n) is 3.21. The lowest BCUT2D eigenvalue weighted by atomic mass is 9.93. The van der Waals surface area contributed by atoms with Crippen LogP contribution >= 0.6 is 0 Å². The van der Waals surface area contributed by atoms with Gasteiger partial charge < -0.3 is 19.5 Å². The molecule has 4 nitrogen and oxygen atoms in total. The van der Waals surface area contributed by atoms with E-state index >= 15 is 0 Å². The number of benzene rings is 2. The van der Waals surface area contributed by atoms with Crippen molar-refractivity contribution in [2.45, 2.75) is 20.5 Å². The van der Waals surface area contributed by atoms with E-state index in [0.717, 1.165) is 40.4 Å². The average molecular weight is 339 g/mol. The highest BCUT2D eigenvalue weighted by molar-refractivity contribution is 5.92. The van der Waals surface area contributed by atoms with Gasteiger partial charge in [-0.05, 0) is 37.1 Å². The molecular formula is C21H25NO3. The highest BCUT2D eigenvalue weighted by Gasteiger charge is 2.20. The van der Waals surface area contributed by atoms with Crippen molar-refractivity contribution in [2.75, 3.05) is 32.7 Å². The maximum atomic E-state index is 5.70. The van der Waals surface area contributed by atoms with Crippen LogP contribution in [0.15, 0.2) is 30.3 Å². The van der Waals surface area contributed by atoms with Gasteiger partial charge in [-0.2, -0.15) is 0 Å². The Bertz CT molecular complexity index is 771. The molecule has 1 N–H and O–H groups in total. The van der Waals surface area contributed by atoms with Crippen LogP contribution in [0.5, 0.6) is 11.5 Å². The smallest absolute Gasteiger partial charge is 0.130 e. The molecule has 0 atom stereocenters. The van der Waals surface area contributed by atoms with Crippen molar-refractivity contribution in [3.05, 3.63) is 47.0 Å². The molecule has 0 amide bonds. The van der Waals surface area contributed by atoms with E-state index < -0.39 is 0 Å². The van der Waals surface area contributed by atoms with E-state index in [0.29, 0.717) is 13.2 Å². The summed E-state index contributed by atoms with van der Waals surface area (Å²) in [7, 11) is 3.38. The summed E-state index contributed by atoms with van der Waals surface area (Å²) in [4.78, 5) is 0. The molecule has 0 saturated heterocycles. The number of rotatable bonds is 6. The summed E-state index contributed by atoms with van der Waals surface area (Å²) < 4.78 is 16.9. The van der Waals surface area contributed by atoms with Crippen LogP contribution in [0.4, 0.5) is 5.69 Å². The molecule has 25 heavy (non-hydrogen) atoms. The SMILES string of the molecule is CCOCc1cc(OC)c(-c2ccc(C)c3c2NCC=C3)c(OC)c1. The standard InChI is InChI=1S/C21H25NO3/c1-5-25-13-15-11-18(23-3)20(19(12-15)24-4)17-9-8-14(2)16-7-6-10-22-21(16)17/h6-9,11-12,22H,5,10,13H2,1-4H3. The number of fused-ring (bicyclic) bond motifs is 1. The number of methoxy groups -OCH3 is 2. The third-order valence-corrected chi connectivity index (χ3v) is 4.45. The summed E-state index contributed by atoms with van der Waals surface area (Å²) in [5.41, 5.74) is 6.66. The Hall–Kier alpha value is -2.46. The fourth-order valence-corrected chi connectivity index (χ4v) is 3.21. The van der Waals surface area contributed by atoms with E-state index in [1.54, 1.807) is 14.2 Å². The maximum absolute atomic E-state index is 5.70. The summed E-state index contributed by atoms with van der Waals surface area (Å²) in [6.45, 7) is 6.14. The van der Waals surface area contributed by atoms with Gasteiger partial charge in [-0.3, -0.25) is 0 Å². The van der Waals surface area contributed by atoms with Gasteiger partial charge in [-0.25, -0.2) is 0 Å². The first-order valence-corrected chi connectivity index (χ1v) is 8.56. The molecule has 0 aromatic heterocycles. The summed E-state index contributed by atoms with van der Waals surface area (Å²) in [5.74, 6) is 1.58. The highest BCUT2D eigenvalue weighted by Crippen LogP contribution is 2.45. The molecule has 0 fully saturated rings. The van der Waals surface area contributed by atoms with E-state index in [1.807, 2.05) is 19.1 Å². The van der Waals surface area contributed by atoms with Crippen molar-refractivity contribution in [1.82, 2.24) is 0 Å². The molecule has 0 saturated carbocycles. The van der Waals surface area contributed by atoms with Gasteiger partial charge in [0, 0.05) is 24.3 Å². The van der Waals surface area contributed by atoms with Crippen molar-refractivity contribution >= 4 is 11.8 Å². The summed E-state index contributed by atoms with van der Waals surface area (Å²) in [6, 6.07) is 8.32. The first kappa shape index (κ1) is 17.4. The van der Waals surface area contributed by atoms with Crippen LogP contribution in [0.25, 0.3) is 17.2 Å². The van der Waals surface area contributed by atoms with Gasteiger partial charge >= 0.3 is 0 Å². The summed E-state index contributed by atoms with van der Waals surface area (Å²) in [6.07, 6.45) is 4.31. The van der Waals surface area contributed by atoms with Gasteiger partial charge in [0.1, 0.15) is 11.5 Å². The Balaban J connectivity index is 2.18. The molecule has 132 valence electrons. The summed E-state index contributed by atoms with van der Waals surface area (Å²) >= 11 is 0. The second kappa shape index (κ2) is 7.62. The Labute approximate surface area is 149 Å². The molecule has 2 aromatic rings. The molecule has 1 aliphatic heterocycles. The first-order valence-electron chi connectivity index (χ1n) is 8.56. The van der Waals surface area contributed by atoms with E-state index in [1.165, 1.54) is 11.1 Å². The molecule has 0 bridgehead atoms. The number of aryl methyl sites for hydroxylation is 1. The van der Waals surface area contributed by atoms with Gasteiger partial charge in [0.15, 0.2) is 0 Å². The molecule has 0 unspecified atom stereocenters. The zero-order valence-corrected chi connectivity index (χ0v) is 15.3. The molecule has 3 rings (SSSR count). The van der Waals surface area contributed by atoms with Gasteiger partial charge in [0.25, 0.3) is 0 Å². The van der Waals surface area contributed by atoms with Crippen LogP contribution in [0.3, 0.4) is 0 Å². The van der Waals surface area contributed by atoms with Crippen LogP contribution in [-0.2, 0) is 11.3 Å². The number of ether oxygens (including phenoxy) is 3. The van der Waals surface area contributed by atoms with Crippen LogP contribution in [0.1, 0.15) is 23.6 Å². The molecule has 0 aliphatic carbocycles. The third kappa shape index (κ3) is 3.35. The highest BCUT2D eigenvalue weighted by atomic mass is 16.5. The molecule has 1 aliphatic rings. The first-order chi connectivity index (χ1) is 12.2. The van der Waals surface area contributed by atoms with Gasteiger partial charge in [-0.15, -0.1) is 0 Å². The van der Waals surface area contributed by atoms with Crippen molar-refractivity contribution < 1.29 is 14.2 Å². The Morgan fingerprint density at radius 3 is 2.44 bits per heavy atom. The molecule has 4 heteroatoms. The minimum Gasteiger partial charge on any atom is -0.496 e. The Kier molecular flexibility index (Phi) is 5.29. The van der Waals surface area contributed by atoms with Gasteiger partial charge in [-0.1, -0.05) is 24.3 Å². The number of anilines is 1. The molecule has 2 aromatic carbocycles. The Morgan fingerprint density at radius 1 is 1.08 bits per heavy atom. The van der Waals surface area contributed by atoms with Crippen molar-refractivity contribution in [3.63, 3.8) is 0 Å². The second-order valence-corrected chi connectivity index (χ2v) is 6.01. The Morgan fingerprint density at radius 2 is 1.80 bits per heavy atom. The van der Waals surface area contributed by atoms with Crippen LogP contribution < -0.4 is 14.8 Å². The fraction of sp³-hybridized carbons (Fsp3) is 0.333. The minimum atomic E-state index is 0.538. The lowest BCUT2D eigenvalue weighted by molar-refractivity contribution is 0.133. The predicted octanol–water partition coefficient (Wildman–Crippen LogP) is 4.65. The maximum Gasteiger partial charge on any atom is 0.130 e. The zero-order valence-electron chi connectivity index (χ0n) is 15.3. The van der Waals surface area contributed by atoms with E-state index in [-0.39, 0.29) is 0 Å². The van der Waals surface area contributed by atoms with Crippen molar-refractivity contribution in [2.24, 2.45) is 0 Å². The van der Waals surface area contributed by atoms with Gasteiger partial charge in [0.05, 0.1) is 32.1 Å². The largest absolute Gasteiger partial charge is 0.496 e. The molecule has 1 heterocycles. The molecule has 0 radical (unpaired) electrons. The lowest BCUT2D eigenvalue weighted by Gasteiger charge is -2.22. The second-order valence-electron chi connectivity index (χ2n) is 6.01. The predicted molar refractivity (Wildman–Crippen MR) is 103 cm³/mol. The average Bonchev–Trinajstić information content (AvgIpc) is 2.66. The number of hydrogen-bond acceptors (Lipinski definition) is 4. The van der Waals surface area contributed by atoms with Crippen molar-refractivity contribution in [1.29, 1.82) is 0 Å². The number of nitrogens with one attached hydrogen (secondary N) is 1. The summed E-state index contributed by atoms with van der Waals surface area (Å²) in [5, 5.41) is 3.50. The van der Waals surface area contributed by atoms with Gasteiger partial charge in [0.2, 0.25) is 0 Å². The van der Waals surface area contributed by atoms with E-state index in [9.17, 15) is 0 Å². The zero-order chi connectivity index (χ0) is 17.8. The van der Waals surface area contributed by atoms with Crippen LogP contribution in [0.2, 0.25) is 0 Å². The topological polar surface area (TPSA) is 39.7 Å². The number of hydrogen-bond donors (Lipinski definition) is 1. The van der Waals surface area contributed by atoms with E-state index in [2.05, 4.69) is 36.5 Å². The minimum absolute atomic E-state index is 0.538. The quantitative estimate of drug-likeness (QED) is 0.831. The monoisotopic (exact) mass is 339 g/mol. The van der Waals surface area contributed by atoms with Crippen molar-refractivity contribution in [3.8, 4) is 22.6 Å². The normalized spacial score (nSPS) is 12.5. The molecule has 0 spiro atoms. The lowest BCUT2D eigenvalue weighted by Crippen LogP contribution is -2.08. The molecular weight excluding hydrogens is 314 g/mol. The van der Waals surface area contributed by atoms with Crippen LogP contribution in [-0.4, -0.2) is 27.4 Å².